The third-order valence-electron chi connectivity index (χ3n) is 5.14. The number of nitrogens with zero attached hydrogens (tertiary/aromatic N) is 2. The number of aryl methyl sites for hydroxylation is 2. The van der Waals surface area contributed by atoms with Crippen molar-refractivity contribution in [2.45, 2.75) is 37.5 Å². The van der Waals surface area contributed by atoms with Crippen molar-refractivity contribution in [1.29, 1.82) is 0 Å². The zero-order chi connectivity index (χ0) is 20.4. The zero-order valence-corrected chi connectivity index (χ0v) is 17.1. The lowest BCUT2D eigenvalue weighted by Gasteiger charge is -2.11. The fraction of sp³-hybridized carbons (Fsp3) is 0.273. The Labute approximate surface area is 170 Å². The van der Waals surface area contributed by atoms with E-state index in [-0.39, 0.29) is 23.0 Å². The van der Waals surface area contributed by atoms with Crippen molar-refractivity contribution in [2.24, 2.45) is 0 Å². The van der Waals surface area contributed by atoms with Crippen molar-refractivity contribution in [3.63, 3.8) is 0 Å². The Bertz CT molecular complexity index is 1130. The van der Waals surface area contributed by atoms with Gasteiger partial charge in [-0.3, -0.25) is 4.79 Å². The lowest BCUT2D eigenvalue weighted by Crippen LogP contribution is -2.20. The summed E-state index contributed by atoms with van der Waals surface area (Å²) in [7, 11) is -3.51. The molecule has 0 atom stereocenters. The summed E-state index contributed by atoms with van der Waals surface area (Å²) in [6, 6.07) is 16.3. The number of carbonyl (C=O) groups is 1. The molecule has 7 heteroatoms. The van der Waals surface area contributed by atoms with E-state index in [0.29, 0.717) is 5.82 Å². The topological polar surface area (TPSA) is 81.1 Å². The molecule has 0 spiro atoms. The summed E-state index contributed by atoms with van der Waals surface area (Å²) in [6.07, 6.45) is 2.65. The van der Waals surface area contributed by atoms with Gasteiger partial charge in [-0.15, -0.1) is 0 Å². The normalized spacial score (nSPS) is 13.3. The van der Waals surface area contributed by atoms with Gasteiger partial charge in [0.2, 0.25) is 5.91 Å². The van der Waals surface area contributed by atoms with Crippen LogP contribution >= 0.6 is 0 Å². The summed E-state index contributed by atoms with van der Waals surface area (Å²) < 4.78 is 26.8. The van der Waals surface area contributed by atoms with E-state index in [0.717, 1.165) is 41.8 Å². The van der Waals surface area contributed by atoms with Crippen molar-refractivity contribution in [2.75, 3.05) is 11.1 Å². The number of sulfone groups is 1. The molecule has 0 fully saturated rings. The second-order valence-corrected chi connectivity index (χ2v) is 9.41. The van der Waals surface area contributed by atoms with E-state index in [2.05, 4.69) is 10.4 Å². The van der Waals surface area contributed by atoms with Crippen LogP contribution in [-0.2, 0) is 27.5 Å². The first-order valence-corrected chi connectivity index (χ1v) is 11.3. The number of carbonyl (C=O) groups excluding carboxylic acids is 1. The summed E-state index contributed by atoms with van der Waals surface area (Å²) in [5.41, 5.74) is 3.90. The van der Waals surface area contributed by atoms with Crippen LogP contribution in [0.15, 0.2) is 59.5 Å². The summed E-state index contributed by atoms with van der Waals surface area (Å²) in [6.45, 7) is 1.90. The van der Waals surface area contributed by atoms with Crippen LogP contribution in [0.4, 0.5) is 5.82 Å². The average Bonchev–Trinajstić information content (AvgIpc) is 3.30. The molecule has 29 heavy (non-hydrogen) atoms. The molecule has 2 aromatic carbocycles. The Kier molecular flexibility index (Phi) is 5.24. The molecule has 1 heterocycles. The van der Waals surface area contributed by atoms with Gasteiger partial charge in [-0.25, -0.2) is 13.1 Å². The van der Waals surface area contributed by atoms with Crippen molar-refractivity contribution in [1.82, 2.24) is 9.78 Å². The zero-order valence-electron chi connectivity index (χ0n) is 16.3. The monoisotopic (exact) mass is 409 g/mol. The van der Waals surface area contributed by atoms with Crippen LogP contribution < -0.4 is 5.32 Å². The maximum atomic E-state index is 12.6. The van der Waals surface area contributed by atoms with Crippen molar-refractivity contribution in [3.05, 3.63) is 71.4 Å². The van der Waals surface area contributed by atoms with Gasteiger partial charge in [-0.1, -0.05) is 35.9 Å². The quantitative estimate of drug-likeness (QED) is 0.676. The Morgan fingerprint density at radius 2 is 1.79 bits per heavy atom. The second-order valence-electron chi connectivity index (χ2n) is 7.30. The molecule has 1 amide bonds. The number of nitrogens with one attached hydrogen (secondary N) is 1. The molecule has 6 nitrogen and oxygen atoms in total. The van der Waals surface area contributed by atoms with Crippen molar-refractivity contribution in [3.8, 4) is 5.69 Å². The first-order chi connectivity index (χ1) is 13.9. The first kappa shape index (κ1) is 19.4. The third-order valence-corrected chi connectivity index (χ3v) is 6.88. The largest absolute Gasteiger partial charge is 0.310 e. The highest BCUT2D eigenvalue weighted by Gasteiger charge is 2.25. The van der Waals surface area contributed by atoms with Gasteiger partial charge < -0.3 is 5.32 Å². The summed E-state index contributed by atoms with van der Waals surface area (Å²) in [5.74, 6) is 0.0951. The van der Waals surface area contributed by atoms with E-state index in [4.69, 9.17) is 0 Å². The Morgan fingerprint density at radius 3 is 2.52 bits per heavy atom. The van der Waals surface area contributed by atoms with E-state index in [1.807, 2.05) is 37.3 Å². The molecule has 1 N–H and O–H groups in total. The van der Waals surface area contributed by atoms with Crippen molar-refractivity contribution >= 4 is 21.6 Å². The SMILES string of the molecule is Cc1ccc(S(=O)(=O)CCC(=O)Nc2c3c(nn2-c2ccccc2)CCC3)cc1. The Balaban J connectivity index is 1.51. The van der Waals surface area contributed by atoms with E-state index < -0.39 is 9.84 Å². The number of fused-ring (bicyclic) bond motifs is 1. The van der Waals surface area contributed by atoms with Gasteiger partial charge in [0.05, 0.1) is 22.0 Å². The number of aromatic nitrogens is 2. The lowest BCUT2D eigenvalue weighted by molar-refractivity contribution is -0.115. The fourth-order valence-electron chi connectivity index (χ4n) is 3.56. The minimum Gasteiger partial charge on any atom is -0.310 e. The molecule has 0 unspecified atom stereocenters. The van der Waals surface area contributed by atoms with Crippen LogP contribution in [0.25, 0.3) is 5.69 Å². The van der Waals surface area contributed by atoms with E-state index in [9.17, 15) is 13.2 Å². The average molecular weight is 410 g/mol. The van der Waals surface area contributed by atoms with E-state index >= 15 is 0 Å². The predicted octanol–water partition coefficient (Wildman–Crippen LogP) is 3.47. The number of para-hydroxylation sites is 1. The molecular formula is C22H23N3O3S. The molecule has 4 rings (SSSR count). The number of anilines is 1. The second kappa shape index (κ2) is 7.83. The molecule has 150 valence electrons. The van der Waals surface area contributed by atoms with E-state index in [1.54, 1.807) is 28.9 Å². The van der Waals surface area contributed by atoms with Crippen LogP contribution in [0.3, 0.4) is 0 Å². The van der Waals surface area contributed by atoms with Crippen LogP contribution in [0, 0.1) is 6.92 Å². The maximum Gasteiger partial charge on any atom is 0.226 e. The van der Waals surface area contributed by atoms with Crippen LogP contribution in [0.2, 0.25) is 0 Å². The number of amides is 1. The molecule has 1 aliphatic rings. The van der Waals surface area contributed by atoms with Gasteiger partial charge in [0.25, 0.3) is 0 Å². The van der Waals surface area contributed by atoms with Gasteiger partial charge in [-0.05, 0) is 50.5 Å². The number of hydrogen-bond donors (Lipinski definition) is 1. The molecule has 0 aliphatic heterocycles. The molecule has 0 saturated heterocycles. The summed E-state index contributed by atoms with van der Waals surface area (Å²) >= 11 is 0. The van der Waals surface area contributed by atoms with E-state index in [1.165, 1.54) is 0 Å². The molecule has 1 aromatic heterocycles. The molecule has 3 aromatic rings. The van der Waals surface area contributed by atoms with Crippen LogP contribution in [0.5, 0.6) is 0 Å². The Hall–Kier alpha value is -2.93. The first-order valence-electron chi connectivity index (χ1n) is 9.69. The van der Waals surface area contributed by atoms with Gasteiger partial charge in [-0.2, -0.15) is 5.10 Å². The van der Waals surface area contributed by atoms with Crippen LogP contribution in [0.1, 0.15) is 29.7 Å². The van der Waals surface area contributed by atoms with Gasteiger partial charge in [0.1, 0.15) is 5.82 Å². The molecule has 0 radical (unpaired) electrons. The number of benzene rings is 2. The smallest absolute Gasteiger partial charge is 0.226 e. The third kappa shape index (κ3) is 4.10. The van der Waals surface area contributed by atoms with Gasteiger partial charge in [0.15, 0.2) is 9.84 Å². The molecular weight excluding hydrogens is 386 g/mol. The summed E-state index contributed by atoms with van der Waals surface area (Å²) in [5, 5.41) is 7.58. The molecule has 0 bridgehead atoms. The van der Waals surface area contributed by atoms with Gasteiger partial charge >= 0.3 is 0 Å². The molecule has 0 saturated carbocycles. The molecule has 1 aliphatic carbocycles. The van der Waals surface area contributed by atoms with Crippen molar-refractivity contribution < 1.29 is 13.2 Å². The van der Waals surface area contributed by atoms with Crippen LogP contribution in [-0.4, -0.2) is 29.9 Å². The lowest BCUT2D eigenvalue weighted by atomic mass is 10.2. The maximum absolute atomic E-state index is 12.6. The minimum absolute atomic E-state index is 0.106. The summed E-state index contributed by atoms with van der Waals surface area (Å²) in [4.78, 5) is 12.9. The number of hydrogen-bond acceptors (Lipinski definition) is 4. The fourth-order valence-corrected chi connectivity index (χ4v) is 4.80. The van der Waals surface area contributed by atoms with Gasteiger partial charge in [0, 0.05) is 12.0 Å². The highest BCUT2D eigenvalue weighted by Crippen LogP contribution is 2.31. The minimum atomic E-state index is -3.51. The number of rotatable bonds is 6. The highest BCUT2D eigenvalue weighted by atomic mass is 32.2. The highest BCUT2D eigenvalue weighted by molar-refractivity contribution is 7.91. The Morgan fingerprint density at radius 1 is 1.07 bits per heavy atom. The standard InChI is InChI=1S/C22H23N3O3S/c1-16-10-12-18(13-11-16)29(27,28)15-14-21(26)23-22-19-8-5-9-20(19)24-25(22)17-6-3-2-4-7-17/h2-4,6-7,10-13H,5,8-9,14-15H2,1H3,(H,23,26). The predicted molar refractivity (Wildman–Crippen MR) is 112 cm³/mol.